The van der Waals surface area contributed by atoms with Gasteiger partial charge in [-0.2, -0.15) is 12.6 Å². The summed E-state index contributed by atoms with van der Waals surface area (Å²) in [6.45, 7) is 3.70. The van der Waals surface area contributed by atoms with Gasteiger partial charge in [-0.25, -0.2) is 4.39 Å². The number of ether oxygens (including phenoxy) is 1. The van der Waals surface area contributed by atoms with Crippen LogP contribution in [-0.2, 0) is 0 Å². The summed E-state index contributed by atoms with van der Waals surface area (Å²) in [5.74, 6) is -0.284. The predicted molar refractivity (Wildman–Crippen MR) is 61.5 cm³/mol. The highest BCUT2D eigenvalue weighted by molar-refractivity contribution is 7.80. The highest BCUT2D eigenvalue weighted by Gasteiger charge is 2.15. The van der Waals surface area contributed by atoms with Gasteiger partial charge >= 0.3 is 5.69 Å². The first-order chi connectivity index (χ1) is 7.54. The molecule has 0 saturated heterocycles. The fraction of sp³-hybridized carbons (Fsp3) is 0.200. The number of thiol groups is 1. The predicted octanol–water partition coefficient (Wildman–Crippen LogP) is 2.60. The van der Waals surface area contributed by atoms with Crippen LogP contribution in [0.2, 0.25) is 0 Å². The average Bonchev–Trinajstić information content (AvgIpc) is 2.25. The number of hydrogen-bond acceptors (Lipinski definition) is 4. The molecule has 0 aromatic heterocycles. The van der Waals surface area contributed by atoms with Crippen LogP contribution in [0.25, 0.3) is 0 Å². The van der Waals surface area contributed by atoms with Crippen LogP contribution in [0.1, 0.15) is 0 Å². The minimum Gasteiger partial charge on any atom is -0.482 e. The Morgan fingerprint density at radius 2 is 2.31 bits per heavy atom. The normalized spacial score (nSPS) is 9.88. The van der Waals surface area contributed by atoms with Gasteiger partial charge in [0.15, 0.2) is 5.75 Å². The monoisotopic (exact) mass is 243 g/mol. The third kappa shape index (κ3) is 3.23. The van der Waals surface area contributed by atoms with Gasteiger partial charge in [-0.05, 0) is 11.6 Å². The summed E-state index contributed by atoms with van der Waals surface area (Å²) in [6, 6.07) is 3.05. The van der Waals surface area contributed by atoms with Crippen molar-refractivity contribution in [1.82, 2.24) is 0 Å². The van der Waals surface area contributed by atoms with Gasteiger partial charge in [-0.15, -0.1) is 0 Å². The summed E-state index contributed by atoms with van der Waals surface area (Å²) in [5, 5.41) is 10.6. The summed E-state index contributed by atoms with van der Waals surface area (Å²) >= 11 is 3.96. The maximum absolute atomic E-state index is 12.9. The molecule has 1 aromatic carbocycles. The number of halogens is 1. The van der Waals surface area contributed by atoms with Gasteiger partial charge in [-0.1, -0.05) is 6.58 Å². The molecule has 6 heteroatoms. The van der Waals surface area contributed by atoms with Crippen molar-refractivity contribution < 1.29 is 14.1 Å². The highest BCUT2D eigenvalue weighted by atomic mass is 32.1. The van der Waals surface area contributed by atoms with Crippen molar-refractivity contribution in [3.05, 3.63) is 46.3 Å². The summed E-state index contributed by atoms with van der Waals surface area (Å²) in [6.07, 6.45) is 0. The van der Waals surface area contributed by atoms with Crippen LogP contribution < -0.4 is 4.74 Å². The molecule has 16 heavy (non-hydrogen) atoms. The van der Waals surface area contributed by atoms with E-state index in [1.807, 2.05) is 0 Å². The van der Waals surface area contributed by atoms with Crippen molar-refractivity contribution >= 4 is 18.3 Å². The van der Waals surface area contributed by atoms with Gasteiger partial charge in [0.25, 0.3) is 0 Å². The number of nitrogens with zero attached hydrogens (tertiary/aromatic N) is 1. The first kappa shape index (κ1) is 12.5. The number of nitro benzene ring substituents is 1. The van der Waals surface area contributed by atoms with Crippen LogP contribution in [0.15, 0.2) is 30.4 Å². The van der Waals surface area contributed by atoms with Crippen molar-refractivity contribution in [2.24, 2.45) is 0 Å². The Morgan fingerprint density at radius 3 is 2.88 bits per heavy atom. The maximum atomic E-state index is 12.9. The fourth-order valence-corrected chi connectivity index (χ4v) is 1.07. The Labute approximate surface area is 97.3 Å². The largest absolute Gasteiger partial charge is 0.482 e. The Hall–Kier alpha value is -1.56. The maximum Gasteiger partial charge on any atom is 0.311 e. The Bertz CT molecular complexity index is 423. The van der Waals surface area contributed by atoms with Crippen molar-refractivity contribution in [3.63, 3.8) is 0 Å². The lowest BCUT2D eigenvalue weighted by Gasteiger charge is -2.07. The molecule has 0 aliphatic carbocycles. The van der Waals surface area contributed by atoms with E-state index in [1.165, 1.54) is 0 Å². The number of hydrogen-bond donors (Lipinski definition) is 1. The molecule has 0 radical (unpaired) electrons. The summed E-state index contributed by atoms with van der Waals surface area (Å²) in [7, 11) is 0. The van der Waals surface area contributed by atoms with E-state index in [-0.39, 0.29) is 18.0 Å². The van der Waals surface area contributed by atoms with Crippen molar-refractivity contribution in [1.29, 1.82) is 0 Å². The molecule has 0 bridgehead atoms. The van der Waals surface area contributed by atoms with Crippen molar-refractivity contribution in [2.45, 2.75) is 0 Å². The third-order valence-electron chi connectivity index (χ3n) is 1.77. The van der Waals surface area contributed by atoms with Crippen molar-refractivity contribution in [3.8, 4) is 5.75 Å². The molecule has 0 spiro atoms. The average molecular weight is 243 g/mol. The van der Waals surface area contributed by atoms with E-state index in [2.05, 4.69) is 19.2 Å². The molecular formula is C10H10FNO3S. The molecule has 0 aliphatic rings. The summed E-state index contributed by atoms with van der Waals surface area (Å²) < 4.78 is 18.0. The Kier molecular flexibility index (Phi) is 4.30. The summed E-state index contributed by atoms with van der Waals surface area (Å²) in [4.78, 5) is 9.99. The fourth-order valence-electron chi connectivity index (χ4n) is 0.980. The number of nitro groups is 1. The van der Waals surface area contributed by atoms with Gasteiger partial charge in [-0.3, -0.25) is 10.1 Å². The second-order valence-electron chi connectivity index (χ2n) is 3.07. The van der Waals surface area contributed by atoms with E-state index in [0.717, 1.165) is 18.2 Å². The van der Waals surface area contributed by atoms with Crippen LogP contribution in [0.4, 0.5) is 10.1 Å². The molecule has 0 heterocycles. The van der Waals surface area contributed by atoms with Crippen LogP contribution in [0, 0.1) is 15.9 Å². The number of benzene rings is 1. The van der Waals surface area contributed by atoms with Gasteiger partial charge in [0.2, 0.25) is 0 Å². The van der Waals surface area contributed by atoms with E-state index in [4.69, 9.17) is 4.74 Å². The van der Waals surface area contributed by atoms with E-state index in [1.54, 1.807) is 0 Å². The van der Waals surface area contributed by atoms with Crippen LogP contribution in [0.5, 0.6) is 5.75 Å². The minimum atomic E-state index is -0.627. The zero-order chi connectivity index (χ0) is 12.1. The molecule has 0 fully saturated rings. The van der Waals surface area contributed by atoms with Crippen LogP contribution in [-0.4, -0.2) is 17.3 Å². The summed E-state index contributed by atoms with van der Waals surface area (Å²) in [5.41, 5.74) is 0.384. The first-order valence-corrected chi connectivity index (χ1v) is 5.02. The van der Waals surface area contributed by atoms with E-state index >= 15 is 0 Å². The van der Waals surface area contributed by atoms with Gasteiger partial charge in [0.1, 0.15) is 12.4 Å². The van der Waals surface area contributed by atoms with Crippen LogP contribution in [0.3, 0.4) is 0 Å². The molecule has 86 valence electrons. The third-order valence-corrected chi connectivity index (χ3v) is 2.22. The molecular weight excluding hydrogens is 233 g/mol. The van der Waals surface area contributed by atoms with Gasteiger partial charge < -0.3 is 4.74 Å². The van der Waals surface area contributed by atoms with Gasteiger partial charge in [0, 0.05) is 17.9 Å². The smallest absolute Gasteiger partial charge is 0.311 e. The molecule has 0 aliphatic heterocycles. The first-order valence-electron chi connectivity index (χ1n) is 4.39. The molecule has 0 N–H and O–H groups in total. The van der Waals surface area contributed by atoms with E-state index in [9.17, 15) is 14.5 Å². The molecule has 1 rings (SSSR count). The molecule has 0 saturated carbocycles. The lowest BCUT2D eigenvalue weighted by molar-refractivity contribution is -0.385. The Morgan fingerprint density at radius 1 is 1.62 bits per heavy atom. The van der Waals surface area contributed by atoms with Crippen LogP contribution >= 0.6 is 12.6 Å². The van der Waals surface area contributed by atoms with Crippen molar-refractivity contribution in [2.75, 3.05) is 12.4 Å². The minimum absolute atomic E-state index is 0.0772. The SMILES string of the molecule is C=C(CS)COc1cc(F)ccc1[N+](=O)[O-]. The lowest BCUT2D eigenvalue weighted by atomic mass is 10.3. The molecule has 0 amide bonds. The zero-order valence-electron chi connectivity index (χ0n) is 8.35. The van der Waals surface area contributed by atoms with Gasteiger partial charge in [0.05, 0.1) is 4.92 Å². The topological polar surface area (TPSA) is 52.4 Å². The molecule has 1 aromatic rings. The quantitative estimate of drug-likeness (QED) is 0.374. The molecule has 0 unspecified atom stereocenters. The van der Waals surface area contributed by atoms with E-state index < -0.39 is 10.7 Å². The molecule has 4 nitrogen and oxygen atoms in total. The van der Waals surface area contributed by atoms with E-state index in [0.29, 0.717) is 11.3 Å². The number of rotatable bonds is 5. The highest BCUT2D eigenvalue weighted by Crippen LogP contribution is 2.27. The molecule has 0 atom stereocenters. The standard InChI is InChI=1S/C10H10FNO3S/c1-7(6-16)5-15-10-4-8(11)2-3-9(10)12(13)14/h2-4,16H,1,5-6H2. The lowest BCUT2D eigenvalue weighted by Crippen LogP contribution is -2.03. The second kappa shape index (κ2) is 5.50. The second-order valence-corrected chi connectivity index (χ2v) is 3.38. The Balaban J connectivity index is 2.88. The zero-order valence-corrected chi connectivity index (χ0v) is 9.24.